The minimum absolute atomic E-state index is 0.0443. The third kappa shape index (κ3) is 6.46. The van der Waals surface area contributed by atoms with Gasteiger partial charge in [-0.05, 0) is 36.7 Å². The summed E-state index contributed by atoms with van der Waals surface area (Å²) in [6, 6.07) is 16.4. The Morgan fingerprint density at radius 3 is 2.30 bits per heavy atom. The van der Waals surface area contributed by atoms with Crippen LogP contribution in [0.2, 0.25) is 0 Å². The van der Waals surface area contributed by atoms with Crippen LogP contribution in [0.5, 0.6) is 0 Å². The fourth-order valence-electron chi connectivity index (χ4n) is 2.66. The molecule has 0 aliphatic heterocycles. The number of carbonyl (C=O) groups excluding carboxylic acids is 1. The third-order valence-corrected chi connectivity index (χ3v) is 5.69. The molecule has 0 heterocycles. The van der Waals surface area contributed by atoms with Crippen molar-refractivity contribution in [2.45, 2.75) is 24.3 Å². The molecule has 2 aromatic rings. The van der Waals surface area contributed by atoms with E-state index in [2.05, 4.69) is 4.72 Å². The van der Waals surface area contributed by atoms with Gasteiger partial charge in [0.25, 0.3) is 0 Å². The summed E-state index contributed by atoms with van der Waals surface area (Å²) in [6.45, 7) is 1.56. The van der Waals surface area contributed by atoms with Crippen LogP contribution >= 0.6 is 0 Å². The van der Waals surface area contributed by atoms with Crippen molar-refractivity contribution in [3.05, 3.63) is 65.7 Å². The molecule has 0 aromatic heterocycles. The molecule has 2 aromatic carbocycles. The van der Waals surface area contributed by atoms with E-state index in [0.717, 1.165) is 11.1 Å². The van der Waals surface area contributed by atoms with Crippen molar-refractivity contribution in [2.75, 3.05) is 27.3 Å². The number of carbonyl (C=O) groups is 1. The lowest BCUT2D eigenvalue weighted by Gasteiger charge is -2.22. The van der Waals surface area contributed by atoms with E-state index >= 15 is 0 Å². The van der Waals surface area contributed by atoms with Gasteiger partial charge in [-0.15, -0.1) is 0 Å². The molecule has 0 unspecified atom stereocenters. The second-order valence-electron chi connectivity index (χ2n) is 6.15. The molecular formula is C20H26N2O4S. The minimum atomic E-state index is -3.44. The number of nitrogens with one attached hydrogen (secondary N) is 1. The Balaban J connectivity index is 1.98. The molecule has 0 atom stereocenters. The fraction of sp³-hybridized carbons (Fsp3) is 0.350. The van der Waals surface area contributed by atoms with E-state index in [9.17, 15) is 13.2 Å². The second-order valence-corrected chi connectivity index (χ2v) is 8.03. The van der Waals surface area contributed by atoms with Crippen molar-refractivity contribution in [1.29, 1.82) is 0 Å². The molecule has 0 fully saturated rings. The van der Waals surface area contributed by atoms with Crippen molar-refractivity contribution in [3.63, 3.8) is 0 Å². The van der Waals surface area contributed by atoms with E-state index < -0.39 is 10.0 Å². The van der Waals surface area contributed by atoms with Gasteiger partial charge in [0.2, 0.25) is 15.9 Å². The summed E-state index contributed by atoms with van der Waals surface area (Å²) >= 11 is 0. The number of rotatable bonds is 10. The first-order chi connectivity index (χ1) is 13.0. The highest BCUT2D eigenvalue weighted by Crippen LogP contribution is 2.13. The number of aryl methyl sites for hydroxylation is 1. The molecular weight excluding hydrogens is 364 g/mol. The summed E-state index contributed by atoms with van der Waals surface area (Å²) in [5.41, 5.74) is 1.99. The molecule has 1 N–H and O–H groups in total. The van der Waals surface area contributed by atoms with Crippen LogP contribution in [0.15, 0.2) is 59.5 Å². The van der Waals surface area contributed by atoms with E-state index in [1.54, 1.807) is 36.3 Å². The lowest BCUT2D eigenvalue weighted by Crippen LogP contribution is -2.33. The maximum Gasteiger partial charge on any atom is 0.240 e. The molecule has 0 bridgehead atoms. The van der Waals surface area contributed by atoms with Gasteiger partial charge in [-0.1, -0.05) is 42.5 Å². The van der Waals surface area contributed by atoms with Gasteiger partial charge >= 0.3 is 0 Å². The zero-order chi connectivity index (χ0) is 19.7. The molecule has 0 spiro atoms. The van der Waals surface area contributed by atoms with Crippen molar-refractivity contribution >= 4 is 15.9 Å². The molecule has 27 heavy (non-hydrogen) atoms. The van der Waals surface area contributed by atoms with Gasteiger partial charge in [-0.25, -0.2) is 13.1 Å². The van der Waals surface area contributed by atoms with Crippen LogP contribution in [0.25, 0.3) is 0 Å². The number of methoxy groups -OCH3 is 1. The second kappa shape index (κ2) is 10.2. The van der Waals surface area contributed by atoms with Gasteiger partial charge in [0.05, 0.1) is 11.5 Å². The third-order valence-electron chi connectivity index (χ3n) is 4.26. The summed E-state index contributed by atoms with van der Waals surface area (Å²) in [4.78, 5) is 14.7. The standard InChI is InChI=1S/C20H26N2O4S/c1-21-27(24,25)19-11-8-17(9-12-19)10-13-20(23)22(14-15-26-2)16-18-6-4-3-5-7-18/h3-9,11-12,21H,10,13-16H2,1-2H3. The monoisotopic (exact) mass is 390 g/mol. The lowest BCUT2D eigenvalue weighted by molar-refractivity contribution is -0.132. The van der Waals surface area contributed by atoms with Gasteiger partial charge in [0.1, 0.15) is 0 Å². The average molecular weight is 391 g/mol. The van der Waals surface area contributed by atoms with E-state index in [4.69, 9.17) is 4.74 Å². The molecule has 2 rings (SSSR count). The molecule has 0 saturated heterocycles. The highest BCUT2D eigenvalue weighted by molar-refractivity contribution is 7.89. The Hall–Kier alpha value is -2.22. The maximum atomic E-state index is 12.7. The molecule has 6 nitrogen and oxygen atoms in total. The quantitative estimate of drug-likeness (QED) is 0.675. The first kappa shape index (κ1) is 21.1. The van der Waals surface area contributed by atoms with Crippen molar-refractivity contribution in [1.82, 2.24) is 9.62 Å². The smallest absolute Gasteiger partial charge is 0.240 e. The molecule has 0 radical (unpaired) electrons. The topological polar surface area (TPSA) is 75.7 Å². The Bertz CT molecular complexity index is 821. The largest absolute Gasteiger partial charge is 0.383 e. The van der Waals surface area contributed by atoms with Crippen molar-refractivity contribution in [2.24, 2.45) is 0 Å². The molecule has 0 saturated carbocycles. The van der Waals surface area contributed by atoms with E-state index in [-0.39, 0.29) is 10.8 Å². The highest BCUT2D eigenvalue weighted by atomic mass is 32.2. The predicted octanol–water partition coefficient (Wildman–Crippen LogP) is 2.20. The van der Waals surface area contributed by atoms with Gasteiger partial charge in [0.15, 0.2) is 0 Å². The van der Waals surface area contributed by atoms with Crippen LogP contribution in [0.1, 0.15) is 17.5 Å². The molecule has 0 aliphatic carbocycles. The van der Waals surface area contributed by atoms with Crippen LogP contribution in [-0.2, 0) is 32.5 Å². The number of benzene rings is 2. The number of hydrogen-bond donors (Lipinski definition) is 1. The van der Waals surface area contributed by atoms with Gasteiger partial charge in [-0.3, -0.25) is 4.79 Å². The molecule has 0 aliphatic rings. The first-order valence-corrected chi connectivity index (χ1v) is 10.3. The Kier molecular flexibility index (Phi) is 7.97. The number of amides is 1. The minimum Gasteiger partial charge on any atom is -0.383 e. The summed E-state index contributed by atoms with van der Waals surface area (Å²) in [5.74, 6) is 0.0443. The summed E-state index contributed by atoms with van der Waals surface area (Å²) in [7, 11) is -0.448. The Morgan fingerprint density at radius 1 is 1.04 bits per heavy atom. The van der Waals surface area contributed by atoms with E-state index in [0.29, 0.717) is 32.5 Å². The fourth-order valence-corrected chi connectivity index (χ4v) is 3.39. The molecule has 7 heteroatoms. The van der Waals surface area contributed by atoms with Gasteiger partial charge < -0.3 is 9.64 Å². The van der Waals surface area contributed by atoms with Crippen LogP contribution in [0.4, 0.5) is 0 Å². The molecule has 1 amide bonds. The normalized spacial score (nSPS) is 11.3. The zero-order valence-corrected chi connectivity index (χ0v) is 16.5. The Morgan fingerprint density at radius 2 is 1.70 bits per heavy atom. The number of sulfonamides is 1. The van der Waals surface area contributed by atoms with Gasteiger partial charge in [-0.2, -0.15) is 0 Å². The number of nitrogens with zero attached hydrogens (tertiary/aromatic N) is 1. The number of ether oxygens (including phenoxy) is 1. The van der Waals surface area contributed by atoms with E-state index in [1.807, 2.05) is 30.3 Å². The lowest BCUT2D eigenvalue weighted by atomic mass is 10.1. The SMILES string of the molecule is CNS(=O)(=O)c1ccc(CCC(=O)N(CCOC)Cc2ccccc2)cc1. The summed E-state index contributed by atoms with van der Waals surface area (Å²) in [6.07, 6.45) is 0.908. The predicted molar refractivity (Wildman–Crippen MR) is 105 cm³/mol. The van der Waals surface area contributed by atoms with Crippen LogP contribution in [0.3, 0.4) is 0 Å². The van der Waals surface area contributed by atoms with E-state index in [1.165, 1.54) is 7.05 Å². The zero-order valence-electron chi connectivity index (χ0n) is 15.7. The summed E-state index contributed by atoms with van der Waals surface area (Å²) in [5, 5.41) is 0. The highest BCUT2D eigenvalue weighted by Gasteiger charge is 2.15. The van der Waals surface area contributed by atoms with Crippen LogP contribution in [-0.4, -0.2) is 46.5 Å². The van der Waals surface area contributed by atoms with Crippen molar-refractivity contribution in [3.8, 4) is 0 Å². The van der Waals surface area contributed by atoms with Crippen LogP contribution < -0.4 is 4.72 Å². The maximum absolute atomic E-state index is 12.7. The Labute approximate surface area is 161 Å². The first-order valence-electron chi connectivity index (χ1n) is 8.79. The summed E-state index contributed by atoms with van der Waals surface area (Å²) < 4.78 is 30.9. The average Bonchev–Trinajstić information content (AvgIpc) is 2.70. The van der Waals surface area contributed by atoms with Crippen LogP contribution in [0, 0.1) is 0 Å². The molecule has 146 valence electrons. The van der Waals surface area contributed by atoms with Gasteiger partial charge in [0, 0.05) is 26.6 Å². The number of hydrogen-bond acceptors (Lipinski definition) is 4. The van der Waals surface area contributed by atoms with Crippen molar-refractivity contribution < 1.29 is 17.9 Å².